The van der Waals surface area contributed by atoms with Gasteiger partial charge in [0.05, 0.1) is 23.3 Å². The summed E-state index contributed by atoms with van der Waals surface area (Å²) in [4.78, 5) is 35.5. The number of methoxy groups -OCH3 is 2. The van der Waals surface area contributed by atoms with Gasteiger partial charge >= 0.3 is 5.97 Å². The third kappa shape index (κ3) is 3.16. The number of hydrogen-bond donors (Lipinski definition) is 1. The summed E-state index contributed by atoms with van der Waals surface area (Å²) in [6.07, 6.45) is 0.478. The smallest absolute Gasteiger partial charge is 0.308 e. The highest BCUT2D eigenvalue weighted by molar-refractivity contribution is 7.20. The van der Waals surface area contributed by atoms with Crippen LogP contribution in [0.1, 0.15) is 27.5 Å². The number of carboxylic acid groups (broad SMARTS) is 1. The number of carbonyl (C=O) groups is 2. The zero-order valence-electron chi connectivity index (χ0n) is 14.2. The summed E-state index contributed by atoms with van der Waals surface area (Å²) in [6.45, 7) is 2.76. The highest BCUT2D eigenvalue weighted by atomic mass is 32.1. The molecule has 0 saturated carbocycles. The van der Waals surface area contributed by atoms with E-state index in [-0.39, 0.29) is 19.1 Å². The van der Waals surface area contributed by atoms with E-state index >= 15 is 0 Å². The lowest BCUT2D eigenvalue weighted by atomic mass is 10.1. The fourth-order valence-electron chi connectivity index (χ4n) is 2.98. The highest BCUT2D eigenvalue weighted by Gasteiger charge is 2.33. The molecule has 3 heterocycles. The number of thiophene rings is 1. The summed E-state index contributed by atoms with van der Waals surface area (Å²) >= 11 is 1.27. The molecule has 1 saturated heterocycles. The van der Waals surface area contributed by atoms with Crippen molar-refractivity contribution in [3.8, 4) is 5.88 Å². The van der Waals surface area contributed by atoms with Crippen LogP contribution in [0, 0.1) is 12.8 Å². The van der Waals surface area contributed by atoms with E-state index in [0.29, 0.717) is 39.8 Å². The quantitative estimate of drug-likeness (QED) is 0.860. The van der Waals surface area contributed by atoms with Gasteiger partial charge in [0, 0.05) is 20.2 Å². The van der Waals surface area contributed by atoms with Gasteiger partial charge in [-0.3, -0.25) is 9.59 Å². The summed E-state index contributed by atoms with van der Waals surface area (Å²) in [7, 11) is 3.08. The number of rotatable bonds is 5. The van der Waals surface area contributed by atoms with Crippen molar-refractivity contribution in [2.45, 2.75) is 20.0 Å². The van der Waals surface area contributed by atoms with Gasteiger partial charge in [-0.25, -0.2) is 4.98 Å². The molecule has 0 aliphatic carbocycles. The average Bonchev–Trinajstić information content (AvgIpc) is 3.19. The summed E-state index contributed by atoms with van der Waals surface area (Å²) in [5, 5.41) is 9.83. The lowest BCUT2D eigenvalue weighted by Crippen LogP contribution is -2.29. The first kappa shape index (κ1) is 17.6. The summed E-state index contributed by atoms with van der Waals surface area (Å²) in [6, 6.07) is 0. The number of likely N-dealkylation sites (tertiary alicyclic amines) is 1. The number of fused-ring (bicyclic) bond motifs is 1. The summed E-state index contributed by atoms with van der Waals surface area (Å²) < 4.78 is 10.4. The van der Waals surface area contributed by atoms with Crippen LogP contribution in [-0.4, -0.2) is 59.2 Å². The van der Waals surface area contributed by atoms with E-state index in [1.54, 1.807) is 12.0 Å². The van der Waals surface area contributed by atoms with E-state index < -0.39 is 11.9 Å². The van der Waals surface area contributed by atoms with E-state index in [9.17, 15) is 9.59 Å². The third-order valence-corrected chi connectivity index (χ3v) is 5.46. The van der Waals surface area contributed by atoms with Crippen LogP contribution < -0.4 is 4.74 Å². The zero-order valence-corrected chi connectivity index (χ0v) is 15.1. The van der Waals surface area contributed by atoms with Crippen LogP contribution in [0.15, 0.2) is 0 Å². The number of aryl methyl sites for hydroxylation is 1. The van der Waals surface area contributed by atoms with Gasteiger partial charge in [-0.2, -0.15) is 4.98 Å². The van der Waals surface area contributed by atoms with Crippen LogP contribution in [-0.2, 0) is 16.1 Å². The third-order valence-electron chi connectivity index (χ3n) is 4.29. The van der Waals surface area contributed by atoms with Crippen molar-refractivity contribution in [2.75, 3.05) is 27.3 Å². The number of carboxylic acids is 1. The Hall–Kier alpha value is -2.26. The summed E-state index contributed by atoms with van der Waals surface area (Å²) in [5.41, 5.74) is 0.754. The molecule has 0 bridgehead atoms. The number of nitrogens with zero attached hydrogens (tertiary/aromatic N) is 3. The molecule has 1 aliphatic heterocycles. The Morgan fingerprint density at radius 1 is 1.36 bits per heavy atom. The molecule has 2 aromatic heterocycles. The van der Waals surface area contributed by atoms with E-state index in [4.69, 9.17) is 14.6 Å². The molecule has 0 spiro atoms. The van der Waals surface area contributed by atoms with Crippen LogP contribution >= 0.6 is 11.3 Å². The van der Waals surface area contributed by atoms with Crippen molar-refractivity contribution in [1.29, 1.82) is 0 Å². The molecule has 3 rings (SSSR count). The standard InChI is InChI=1S/C16H19N3O5S/c1-8-11-13(24-3)17-10(7-23-2)18-14(11)25-12(8)15(20)19-5-4-9(6-19)16(21)22/h9H,4-7H2,1-3H3,(H,21,22). The molecule has 2 aromatic rings. The van der Waals surface area contributed by atoms with Gasteiger partial charge in [0.15, 0.2) is 5.82 Å². The van der Waals surface area contributed by atoms with Crippen LogP contribution in [0.4, 0.5) is 0 Å². The first-order chi connectivity index (χ1) is 12.0. The number of aliphatic carboxylic acids is 1. The molecule has 1 unspecified atom stereocenters. The van der Waals surface area contributed by atoms with Crippen molar-refractivity contribution >= 4 is 33.4 Å². The van der Waals surface area contributed by atoms with Crippen molar-refractivity contribution in [2.24, 2.45) is 5.92 Å². The lowest BCUT2D eigenvalue weighted by molar-refractivity contribution is -0.141. The van der Waals surface area contributed by atoms with Gasteiger partial charge in [-0.1, -0.05) is 0 Å². The predicted octanol–water partition coefficient (Wildman–Crippen LogP) is 1.70. The Bertz CT molecular complexity index is 835. The second kappa shape index (κ2) is 6.93. The molecule has 0 aromatic carbocycles. The maximum atomic E-state index is 12.8. The fourth-order valence-corrected chi connectivity index (χ4v) is 4.14. The number of hydrogen-bond acceptors (Lipinski definition) is 7. The Labute approximate surface area is 148 Å². The minimum absolute atomic E-state index is 0.167. The second-order valence-corrected chi connectivity index (χ2v) is 6.89. The Kier molecular flexibility index (Phi) is 4.87. The Morgan fingerprint density at radius 3 is 2.72 bits per heavy atom. The molecule has 1 amide bonds. The van der Waals surface area contributed by atoms with Gasteiger partial charge in [0.1, 0.15) is 11.4 Å². The monoisotopic (exact) mass is 365 g/mol. The largest absolute Gasteiger partial charge is 0.481 e. The van der Waals surface area contributed by atoms with Gasteiger partial charge in [-0.15, -0.1) is 11.3 Å². The highest BCUT2D eigenvalue weighted by Crippen LogP contribution is 2.36. The number of carbonyl (C=O) groups excluding carboxylic acids is 1. The summed E-state index contributed by atoms with van der Waals surface area (Å²) in [5.74, 6) is -0.630. The number of ether oxygens (including phenoxy) is 2. The molecule has 134 valence electrons. The van der Waals surface area contributed by atoms with Gasteiger partial charge in [0.25, 0.3) is 5.91 Å². The zero-order chi connectivity index (χ0) is 18.1. The maximum absolute atomic E-state index is 12.8. The Morgan fingerprint density at radius 2 is 2.12 bits per heavy atom. The molecule has 1 aliphatic rings. The average molecular weight is 365 g/mol. The van der Waals surface area contributed by atoms with Crippen molar-refractivity contribution in [1.82, 2.24) is 14.9 Å². The minimum Gasteiger partial charge on any atom is -0.481 e. The normalized spacial score (nSPS) is 17.2. The molecule has 25 heavy (non-hydrogen) atoms. The molecular weight excluding hydrogens is 346 g/mol. The molecular formula is C16H19N3O5S. The first-order valence-corrected chi connectivity index (χ1v) is 8.63. The number of amides is 1. The molecule has 1 fully saturated rings. The van der Waals surface area contributed by atoms with Gasteiger partial charge in [-0.05, 0) is 18.9 Å². The first-order valence-electron chi connectivity index (χ1n) is 7.81. The topological polar surface area (TPSA) is 102 Å². The number of aromatic nitrogens is 2. The van der Waals surface area contributed by atoms with Gasteiger partial charge in [0.2, 0.25) is 5.88 Å². The fraction of sp³-hybridized carbons (Fsp3) is 0.500. The van der Waals surface area contributed by atoms with Crippen molar-refractivity contribution in [3.05, 3.63) is 16.3 Å². The van der Waals surface area contributed by atoms with Crippen molar-refractivity contribution in [3.63, 3.8) is 0 Å². The predicted molar refractivity (Wildman–Crippen MR) is 91.1 cm³/mol. The molecule has 8 nitrogen and oxygen atoms in total. The van der Waals surface area contributed by atoms with E-state index in [0.717, 1.165) is 5.56 Å². The molecule has 1 atom stereocenters. The molecule has 1 N–H and O–H groups in total. The van der Waals surface area contributed by atoms with Crippen LogP contribution in [0.5, 0.6) is 5.88 Å². The maximum Gasteiger partial charge on any atom is 0.308 e. The minimum atomic E-state index is -0.861. The second-order valence-electron chi connectivity index (χ2n) is 5.89. The van der Waals surface area contributed by atoms with Crippen LogP contribution in [0.25, 0.3) is 10.2 Å². The lowest BCUT2D eigenvalue weighted by Gasteiger charge is -2.15. The Balaban J connectivity index is 1.98. The van der Waals surface area contributed by atoms with Crippen LogP contribution in [0.3, 0.4) is 0 Å². The van der Waals surface area contributed by atoms with Gasteiger partial charge < -0.3 is 19.5 Å². The van der Waals surface area contributed by atoms with Crippen molar-refractivity contribution < 1.29 is 24.2 Å². The van der Waals surface area contributed by atoms with E-state index in [1.165, 1.54) is 18.4 Å². The molecule has 0 radical (unpaired) electrons. The van der Waals surface area contributed by atoms with E-state index in [2.05, 4.69) is 9.97 Å². The van der Waals surface area contributed by atoms with Crippen LogP contribution in [0.2, 0.25) is 0 Å². The molecule has 9 heteroatoms. The SMILES string of the molecule is COCc1nc(OC)c2c(C)c(C(=O)N3CCC(C(=O)O)C3)sc2n1. The van der Waals surface area contributed by atoms with E-state index in [1.807, 2.05) is 6.92 Å².